The second kappa shape index (κ2) is 4.99. The van der Waals surface area contributed by atoms with Crippen molar-refractivity contribution in [1.82, 2.24) is 0 Å². The monoisotopic (exact) mass is 257 g/mol. The fourth-order valence-electron chi connectivity index (χ4n) is 3.60. The third-order valence-corrected chi connectivity index (χ3v) is 4.74. The van der Waals surface area contributed by atoms with Gasteiger partial charge in [-0.1, -0.05) is 45.2 Å². The minimum atomic E-state index is 0.106. The van der Waals surface area contributed by atoms with Crippen LogP contribution in [-0.2, 0) is 4.79 Å². The number of hydrogen-bond acceptors (Lipinski definition) is 1. The maximum Gasteiger partial charge on any atom is 0.232 e. The third kappa shape index (κ3) is 2.29. The van der Waals surface area contributed by atoms with E-state index in [1.807, 2.05) is 0 Å². The van der Waals surface area contributed by atoms with E-state index in [9.17, 15) is 4.79 Å². The Morgan fingerprint density at radius 2 is 1.89 bits per heavy atom. The van der Waals surface area contributed by atoms with Gasteiger partial charge in [0.15, 0.2) is 0 Å². The molecule has 1 heterocycles. The number of nitrogens with one attached hydrogen (secondary N) is 1. The molecule has 2 nitrogen and oxygen atoms in total. The molecule has 1 amide bonds. The molecule has 1 aromatic carbocycles. The van der Waals surface area contributed by atoms with Gasteiger partial charge >= 0.3 is 0 Å². The molecule has 19 heavy (non-hydrogen) atoms. The Bertz CT molecular complexity index is 486. The summed E-state index contributed by atoms with van der Waals surface area (Å²) in [5, 5.41) is 3.07. The van der Waals surface area contributed by atoms with Crippen LogP contribution >= 0.6 is 0 Å². The van der Waals surface area contributed by atoms with Crippen LogP contribution in [0.2, 0.25) is 0 Å². The van der Waals surface area contributed by atoms with Crippen LogP contribution in [0.15, 0.2) is 18.2 Å². The van der Waals surface area contributed by atoms with Crippen LogP contribution in [0.4, 0.5) is 5.69 Å². The molecule has 0 radical (unpaired) electrons. The Kier molecular flexibility index (Phi) is 3.34. The summed E-state index contributed by atoms with van der Waals surface area (Å²) < 4.78 is 0. The van der Waals surface area contributed by atoms with Crippen LogP contribution in [0.5, 0.6) is 0 Å². The van der Waals surface area contributed by atoms with Crippen molar-refractivity contribution < 1.29 is 4.79 Å². The molecule has 1 aliphatic carbocycles. The SMILES string of the molecule is CC(C)c1ccc2c(c1)C(C1CCCCC1)C(=O)N2. The summed E-state index contributed by atoms with van der Waals surface area (Å²) in [6.45, 7) is 4.42. The number of hydrogen-bond donors (Lipinski definition) is 1. The molecule has 0 bridgehead atoms. The maximum atomic E-state index is 12.3. The largest absolute Gasteiger partial charge is 0.325 e. The molecule has 1 N–H and O–H groups in total. The first kappa shape index (κ1) is 12.7. The van der Waals surface area contributed by atoms with Crippen molar-refractivity contribution in [3.8, 4) is 0 Å². The van der Waals surface area contributed by atoms with Crippen LogP contribution in [0.3, 0.4) is 0 Å². The highest BCUT2D eigenvalue weighted by Crippen LogP contribution is 2.43. The molecule has 1 aliphatic heterocycles. The molecule has 1 aromatic rings. The van der Waals surface area contributed by atoms with Gasteiger partial charge in [-0.05, 0) is 41.9 Å². The van der Waals surface area contributed by atoms with Gasteiger partial charge in [-0.25, -0.2) is 0 Å². The van der Waals surface area contributed by atoms with E-state index in [1.165, 1.54) is 43.2 Å². The summed E-state index contributed by atoms with van der Waals surface area (Å²) in [5.41, 5.74) is 3.64. The molecule has 2 heteroatoms. The minimum Gasteiger partial charge on any atom is -0.325 e. The summed E-state index contributed by atoms with van der Waals surface area (Å²) in [5.74, 6) is 1.40. The van der Waals surface area contributed by atoms with E-state index in [-0.39, 0.29) is 11.8 Å². The third-order valence-electron chi connectivity index (χ3n) is 4.74. The van der Waals surface area contributed by atoms with Crippen molar-refractivity contribution in [2.45, 2.75) is 57.8 Å². The summed E-state index contributed by atoms with van der Waals surface area (Å²) in [7, 11) is 0. The molecule has 3 rings (SSSR count). The van der Waals surface area contributed by atoms with Crippen molar-refractivity contribution in [2.75, 3.05) is 5.32 Å². The fourth-order valence-corrected chi connectivity index (χ4v) is 3.60. The van der Waals surface area contributed by atoms with Crippen molar-refractivity contribution in [3.63, 3.8) is 0 Å². The van der Waals surface area contributed by atoms with Gasteiger partial charge in [-0.2, -0.15) is 0 Å². The highest BCUT2D eigenvalue weighted by molar-refractivity contribution is 6.03. The first-order valence-corrected chi connectivity index (χ1v) is 7.61. The van der Waals surface area contributed by atoms with Crippen LogP contribution in [0.1, 0.15) is 68.9 Å². The van der Waals surface area contributed by atoms with Gasteiger partial charge < -0.3 is 5.32 Å². The Labute approximate surface area is 115 Å². The van der Waals surface area contributed by atoms with Gasteiger partial charge in [0.1, 0.15) is 0 Å². The molecule has 1 unspecified atom stereocenters. The van der Waals surface area contributed by atoms with Gasteiger partial charge in [-0.15, -0.1) is 0 Å². The number of carbonyl (C=O) groups is 1. The van der Waals surface area contributed by atoms with Crippen molar-refractivity contribution in [3.05, 3.63) is 29.3 Å². The normalized spacial score (nSPS) is 23.5. The Morgan fingerprint density at radius 1 is 1.16 bits per heavy atom. The zero-order valence-corrected chi connectivity index (χ0v) is 11.9. The highest BCUT2D eigenvalue weighted by atomic mass is 16.2. The van der Waals surface area contributed by atoms with Crippen molar-refractivity contribution >= 4 is 11.6 Å². The van der Waals surface area contributed by atoms with Crippen molar-refractivity contribution in [2.24, 2.45) is 5.92 Å². The van der Waals surface area contributed by atoms with Crippen LogP contribution in [0.25, 0.3) is 0 Å². The van der Waals surface area contributed by atoms with Crippen molar-refractivity contribution in [1.29, 1.82) is 0 Å². The summed E-state index contributed by atoms with van der Waals surface area (Å²) in [6.07, 6.45) is 6.33. The topological polar surface area (TPSA) is 29.1 Å². The maximum absolute atomic E-state index is 12.3. The molecule has 102 valence electrons. The minimum absolute atomic E-state index is 0.106. The van der Waals surface area contributed by atoms with Gasteiger partial charge in [-0.3, -0.25) is 4.79 Å². The molecule has 1 fully saturated rings. The van der Waals surface area contributed by atoms with Gasteiger partial charge in [0.05, 0.1) is 5.92 Å². The number of rotatable bonds is 2. The quantitative estimate of drug-likeness (QED) is 0.834. The zero-order valence-electron chi connectivity index (χ0n) is 11.9. The van der Waals surface area contributed by atoms with E-state index < -0.39 is 0 Å². The fraction of sp³-hybridized carbons (Fsp3) is 0.588. The molecule has 1 saturated carbocycles. The number of amides is 1. The van der Waals surface area contributed by atoms with E-state index in [1.54, 1.807) is 0 Å². The standard InChI is InChI=1S/C17H23NO/c1-11(2)13-8-9-15-14(10-13)16(17(19)18-15)12-6-4-3-5-7-12/h8-12,16H,3-7H2,1-2H3,(H,18,19). The molecule has 0 aromatic heterocycles. The second-order valence-electron chi connectivity index (χ2n) is 6.37. The molecule has 2 aliphatic rings. The van der Waals surface area contributed by atoms with Gasteiger partial charge in [0, 0.05) is 5.69 Å². The molecular weight excluding hydrogens is 234 g/mol. The first-order valence-electron chi connectivity index (χ1n) is 7.61. The second-order valence-corrected chi connectivity index (χ2v) is 6.37. The molecule has 0 spiro atoms. The molecule has 1 atom stereocenters. The van der Waals surface area contributed by atoms with E-state index >= 15 is 0 Å². The van der Waals surface area contributed by atoms with E-state index in [0.29, 0.717) is 11.8 Å². The van der Waals surface area contributed by atoms with Crippen LogP contribution < -0.4 is 5.32 Å². The average molecular weight is 257 g/mol. The zero-order chi connectivity index (χ0) is 13.4. The summed E-state index contributed by atoms with van der Waals surface area (Å²) >= 11 is 0. The van der Waals surface area contributed by atoms with E-state index in [4.69, 9.17) is 0 Å². The first-order chi connectivity index (χ1) is 9.16. The Balaban J connectivity index is 1.94. The predicted octanol–water partition coefficient (Wildman–Crippen LogP) is 4.43. The lowest BCUT2D eigenvalue weighted by Crippen LogP contribution is -2.22. The highest BCUT2D eigenvalue weighted by Gasteiger charge is 2.37. The van der Waals surface area contributed by atoms with Crippen LogP contribution in [0, 0.1) is 5.92 Å². The smallest absolute Gasteiger partial charge is 0.232 e. The summed E-state index contributed by atoms with van der Waals surface area (Å²) in [6, 6.07) is 6.50. The lowest BCUT2D eigenvalue weighted by molar-refractivity contribution is -0.118. The van der Waals surface area contributed by atoms with Gasteiger partial charge in [0.25, 0.3) is 0 Å². The summed E-state index contributed by atoms with van der Waals surface area (Å²) in [4.78, 5) is 12.3. The Morgan fingerprint density at radius 3 is 2.58 bits per heavy atom. The molecule has 0 saturated heterocycles. The molecular formula is C17H23NO. The predicted molar refractivity (Wildman–Crippen MR) is 78.5 cm³/mol. The number of anilines is 1. The van der Waals surface area contributed by atoms with Crippen LogP contribution in [-0.4, -0.2) is 5.91 Å². The number of carbonyl (C=O) groups excluding carboxylic acids is 1. The number of fused-ring (bicyclic) bond motifs is 1. The van der Waals surface area contributed by atoms with Gasteiger partial charge in [0.2, 0.25) is 5.91 Å². The number of benzene rings is 1. The van der Waals surface area contributed by atoms with E-state index in [2.05, 4.69) is 37.4 Å². The Hall–Kier alpha value is -1.31. The lowest BCUT2D eigenvalue weighted by atomic mass is 9.77. The average Bonchev–Trinajstić information content (AvgIpc) is 2.74. The lowest BCUT2D eigenvalue weighted by Gasteiger charge is -2.26. The van der Waals surface area contributed by atoms with E-state index in [0.717, 1.165) is 5.69 Å².